The van der Waals surface area contributed by atoms with Crippen molar-refractivity contribution in [2.45, 2.75) is 65.3 Å². The lowest BCUT2D eigenvalue weighted by Gasteiger charge is -2.18. The highest BCUT2D eigenvalue weighted by atomic mass is 19.4. The second kappa shape index (κ2) is 10.3. The fourth-order valence-electron chi connectivity index (χ4n) is 4.43. The molecule has 0 saturated heterocycles. The van der Waals surface area contributed by atoms with Crippen LogP contribution >= 0.6 is 0 Å². The van der Waals surface area contributed by atoms with Gasteiger partial charge >= 0.3 is 6.18 Å². The van der Waals surface area contributed by atoms with Crippen LogP contribution in [0.4, 0.5) is 17.6 Å². The molecule has 2 aromatic heterocycles. The minimum atomic E-state index is -4.78. The number of pyridine rings is 2. The lowest BCUT2D eigenvalue weighted by Crippen LogP contribution is -2.22. The first-order chi connectivity index (χ1) is 17.3. The molecule has 3 aromatic rings. The summed E-state index contributed by atoms with van der Waals surface area (Å²) in [6.45, 7) is 6.92. The van der Waals surface area contributed by atoms with Gasteiger partial charge in [-0.15, -0.1) is 0 Å². The highest BCUT2D eigenvalue weighted by molar-refractivity contribution is 5.71. The zero-order valence-corrected chi connectivity index (χ0v) is 21.2. The Labute approximate surface area is 213 Å². The molecule has 2 heterocycles. The average molecular weight is 519 g/mol. The number of ether oxygens (including phenoxy) is 2. The molecule has 0 bridgehead atoms. The first-order valence-electron chi connectivity index (χ1n) is 12.1. The number of fused-ring (bicyclic) bond motifs is 1. The monoisotopic (exact) mass is 518 g/mol. The molecule has 198 valence electrons. The van der Waals surface area contributed by atoms with Gasteiger partial charge in [-0.1, -0.05) is 6.92 Å². The van der Waals surface area contributed by atoms with Gasteiger partial charge in [-0.2, -0.15) is 13.2 Å². The number of aromatic nitrogens is 2. The number of alkyl halides is 3. The van der Waals surface area contributed by atoms with E-state index in [9.17, 15) is 22.7 Å². The Morgan fingerprint density at radius 2 is 1.73 bits per heavy atom. The van der Waals surface area contributed by atoms with Crippen LogP contribution in [0.2, 0.25) is 0 Å². The van der Waals surface area contributed by atoms with Crippen molar-refractivity contribution in [2.75, 3.05) is 6.61 Å². The second-order valence-corrected chi connectivity index (χ2v) is 10.3. The Hall–Kier alpha value is -3.20. The zero-order valence-electron chi connectivity index (χ0n) is 21.2. The summed E-state index contributed by atoms with van der Waals surface area (Å²) in [5.41, 5.74) is 0.527. The summed E-state index contributed by atoms with van der Waals surface area (Å²) in [4.78, 5) is 8.54. The lowest BCUT2D eigenvalue weighted by molar-refractivity contribution is -0.137. The normalized spacial score (nSPS) is 15.5. The van der Waals surface area contributed by atoms with Gasteiger partial charge in [0.1, 0.15) is 12.4 Å². The molecular weight excluding hydrogens is 488 g/mol. The second-order valence-electron chi connectivity index (χ2n) is 10.3. The Morgan fingerprint density at radius 1 is 1.00 bits per heavy atom. The standard InChI is InChI=1S/C28H30F4N2O3/c1-16-9-18-12-26(33-14-19(18)10-16)37-15-20-11-22(23(13-24(20)29)28(30,31)32)21-5-6-25(34-17(21)2)36-8-7-27(3,4)35/h5-6,11-14,16,35H,7-10,15H2,1-4H3. The first-order valence-corrected chi connectivity index (χ1v) is 12.1. The summed E-state index contributed by atoms with van der Waals surface area (Å²) in [6, 6.07) is 6.40. The molecule has 0 amide bonds. The van der Waals surface area contributed by atoms with E-state index in [0.717, 1.165) is 30.0 Å². The van der Waals surface area contributed by atoms with Crippen molar-refractivity contribution in [2.24, 2.45) is 5.92 Å². The van der Waals surface area contributed by atoms with Crippen molar-refractivity contribution in [3.63, 3.8) is 0 Å². The van der Waals surface area contributed by atoms with E-state index in [-0.39, 0.29) is 35.8 Å². The Balaban J connectivity index is 1.60. The van der Waals surface area contributed by atoms with E-state index in [1.54, 1.807) is 27.0 Å². The van der Waals surface area contributed by atoms with Gasteiger partial charge in [0.25, 0.3) is 0 Å². The van der Waals surface area contributed by atoms with Gasteiger partial charge in [-0.25, -0.2) is 14.4 Å². The molecule has 1 N–H and O–H groups in total. The molecule has 1 aliphatic carbocycles. The summed E-state index contributed by atoms with van der Waals surface area (Å²) in [5, 5.41) is 9.81. The van der Waals surface area contributed by atoms with Crippen LogP contribution in [-0.4, -0.2) is 27.3 Å². The summed E-state index contributed by atoms with van der Waals surface area (Å²) < 4.78 is 67.6. The van der Waals surface area contributed by atoms with Crippen molar-refractivity contribution in [1.82, 2.24) is 9.97 Å². The van der Waals surface area contributed by atoms with Gasteiger partial charge in [0.2, 0.25) is 11.8 Å². The third kappa shape index (κ3) is 6.57. The molecule has 1 atom stereocenters. The number of hydrogen-bond acceptors (Lipinski definition) is 5. The largest absolute Gasteiger partial charge is 0.478 e. The zero-order chi connectivity index (χ0) is 27.0. The van der Waals surface area contributed by atoms with Crippen LogP contribution in [0.25, 0.3) is 11.1 Å². The van der Waals surface area contributed by atoms with Gasteiger partial charge in [0.15, 0.2) is 0 Å². The highest BCUT2D eigenvalue weighted by Gasteiger charge is 2.35. The molecule has 0 fully saturated rings. The maximum Gasteiger partial charge on any atom is 0.417 e. The molecule has 0 radical (unpaired) electrons. The summed E-state index contributed by atoms with van der Waals surface area (Å²) >= 11 is 0. The molecule has 37 heavy (non-hydrogen) atoms. The number of aliphatic hydroxyl groups is 1. The van der Waals surface area contributed by atoms with Crippen molar-refractivity contribution < 1.29 is 32.1 Å². The molecule has 0 spiro atoms. The molecule has 1 aromatic carbocycles. The molecule has 0 aliphatic heterocycles. The van der Waals surface area contributed by atoms with E-state index in [2.05, 4.69) is 16.9 Å². The van der Waals surface area contributed by atoms with Gasteiger partial charge in [-0.3, -0.25) is 0 Å². The third-order valence-electron chi connectivity index (χ3n) is 6.38. The predicted octanol–water partition coefficient (Wildman–Crippen LogP) is 6.46. The van der Waals surface area contributed by atoms with Gasteiger partial charge in [0.05, 0.1) is 17.8 Å². The van der Waals surface area contributed by atoms with E-state index in [1.807, 2.05) is 6.07 Å². The molecule has 1 unspecified atom stereocenters. The van der Waals surface area contributed by atoms with Crippen LogP contribution < -0.4 is 9.47 Å². The molecule has 9 heteroatoms. The Kier molecular flexibility index (Phi) is 7.46. The van der Waals surface area contributed by atoms with E-state index in [0.29, 0.717) is 30.0 Å². The maximum atomic E-state index is 14.8. The van der Waals surface area contributed by atoms with Crippen LogP contribution in [0.3, 0.4) is 0 Å². The van der Waals surface area contributed by atoms with Crippen molar-refractivity contribution in [3.8, 4) is 22.9 Å². The van der Waals surface area contributed by atoms with E-state index in [1.165, 1.54) is 12.1 Å². The predicted molar refractivity (Wildman–Crippen MR) is 131 cm³/mol. The van der Waals surface area contributed by atoms with Crippen LogP contribution in [0.15, 0.2) is 36.5 Å². The van der Waals surface area contributed by atoms with Crippen molar-refractivity contribution in [1.29, 1.82) is 0 Å². The smallest absolute Gasteiger partial charge is 0.417 e. The van der Waals surface area contributed by atoms with Crippen LogP contribution in [0.5, 0.6) is 11.8 Å². The fraction of sp³-hybridized carbons (Fsp3) is 0.429. The highest BCUT2D eigenvalue weighted by Crippen LogP contribution is 2.40. The molecule has 1 aliphatic rings. The van der Waals surface area contributed by atoms with Gasteiger partial charge < -0.3 is 14.6 Å². The molecule has 5 nitrogen and oxygen atoms in total. The van der Waals surface area contributed by atoms with Crippen LogP contribution in [-0.2, 0) is 25.6 Å². The number of halogens is 4. The summed E-state index contributed by atoms with van der Waals surface area (Å²) in [5.74, 6) is 0.0287. The van der Waals surface area contributed by atoms with Crippen molar-refractivity contribution in [3.05, 3.63) is 70.3 Å². The third-order valence-corrected chi connectivity index (χ3v) is 6.38. The minimum absolute atomic E-state index is 0.0245. The van der Waals surface area contributed by atoms with E-state index >= 15 is 0 Å². The number of benzene rings is 1. The molecular formula is C28H30F4N2O3. The number of rotatable bonds is 8. The number of hydrogen-bond donors (Lipinski definition) is 1. The number of aryl methyl sites for hydroxylation is 1. The minimum Gasteiger partial charge on any atom is -0.478 e. The first kappa shape index (κ1) is 26.9. The SMILES string of the molecule is Cc1nc(OCCC(C)(C)O)ccc1-c1cc(COc2cc3c(cn2)CC(C)C3)c(F)cc1C(F)(F)F. The van der Waals surface area contributed by atoms with Crippen LogP contribution in [0.1, 0.15) is 55.1 Å². The average Bonchev–Trinajstić information content (AvgIpc) is 3.16. The topological polar surface area (TPSA) is 64.5 Å². The van der Waals surface area contributed by atoms with Gasteiger partial charge in [0, 0.05) is 41.6 Å². The fourth-order valence-corrected chi connectivity index (χ4v) is 4.43. The summed E-state index contributed by atoms with van der Waals surface area (Å²) in [6.07, 6.45) is -0.842. The summed E-state index contributed by atoms with van der Waals surface area (Å²) in [7, 11) is 0. The van der Waals surface area contributed by atoms with Gasteiger partial charge in [-0.05, 0) is 74.4 Å². The lowest BCUT2D eigenvalue weighted by atomic mass is 9.95. The molecule has 0 saturated carbocycles. The van der Waals surface area contributed by atoms with Crippen molar-refractivity contribution >= 4 is 0 Å². The Bertz CT molecular complexity index is 1290. The van der Waals surface area contributed by atoms with E-state index < -0.39 is 23.2 Å². The maximum absolute atomic E-state index is 14.8. The Morgan fingerprint density at radius 3 is 2.41 bits per heavy atom. The molecule has 4 rings (SSSR count). The van der Waals surface area contributed by atoms with Crippen LogP contribution in [0, 0.1) is 18.7 Å². The number of nitrogens with zero attached hydrogens (tertiary/aromatic N) is 2. The quantitative estimate of drug-likeness (QED) is 0.347. The van der Waals surface area contributed by atoms with E-state index in [4.69, 9.17) is 9.47 Å².